The molecule has 0 fully saturated rings. The summed E-state index contributed by atoms with van der Waals surface area (Å²) in [6.45, 7) is 14.6. The normalized spacial score (nSPS) is 20.1. The maximum Gasteiger partial charge on any atom is 0.293 e. The molecule has 6 aromatic rings. The predicted molar refractivity (Wildman–Crippen MR) is 416 cm³/mol. The molecule has 94 heavy (non-hydrogen) atoms. The van der Waals surface area contributed by atoms with Crippen LogP contribution >= 0.6 is 0 Å². The molecule has 0 aliphatic heterocycles. The highest BCUT2D eigenvalue weighted by Crippen LogP contribution is 2.43. The number of hydrogen-bond acceptors (Lipinski definition) is 8. The highest BCUT2D eigenvalue weighted by atomic mass is 16.3. The molecule has 0 saturated carbocycles. The fourth-order valence-electron chi connectivity index (χ4n) is 9.13. The van der Waals surface area contributed by atoms with Crippen LogP contribution in [0.1, 0.15) is 379 Å². The Morgan fingerprint density at radius 3 is 0.872 bits per heavy atom. The van der Waals surface area contributed by atoms with E-state index >= 15 is 0 Å². The average Bonchev–Trinajstić information content (AvgIpc) is 0.755. The van der Waals surface area contributed by atoms with Gasteiger partial charge in [-0.15, -0.1) is 0 Å². The number of nitrogens with two attached hydrogens (primary N) is 3. The van der Waals surface area contributed by atoms with E-state index in [2.05, 4.69) is 5.11 Å². The van der Waals surface area contributed by atoms with Gasteiger partial charge in [-0.1, -0.05) is 298 Å². The lowest BCUT2D eigenvalue weighted by Crippen LogP contribution is -2.18. The standard InChI is InChI=1S/C15H24.3C14H23NO.2C14H22O.CH4/c1-11-8-9-12(14(2,3)4)10-13(11)15(5,6)7;3*1-13(2,3)9-7-10(14(4,5)6)12(16)8-11(9)15;2*1-13(2,3)10-7-8-12(15)11(9-10)14(4,5)6;/h8-10H,1-7H3;3*7-8,16H,15H2,1-6H3;2*7-9,15H,1-6H3;1H4/i2D3,5D3,6D3,8D;1D3,7D;1D3,4D3;4D3;2*1D3,4D3,8D;/hD. The summed E-state index contributed by atoms with van der Waals surface area (Å²) in [7, 11) is 0. The molecule has 0 aliphatic rings. The molecular weight excluding hydrogens is 1150 g/mol. The Morgan fingerprint density at radius 1 is 0.287 bits per heavy atom. The van der Waals surface area contributed by atoms with E-state index in [0.29, 0.717) is 33.5 Å². The van der Waals surface area contributed by atoms with Crippen molar-refractivity contribution in [3.05, 3.63) is 163 Å². The van der Waals surface area contributed by atoms with Crippen molar-refractivity contribution in [2.24, 2.45) is 0 Å². The number of anilines is 3. The van der Waals surface area contributed by atoms with Gasteiger partial charge in [0, 0.05) is 80.5 Å². The van der Waals surface area contributed by atoms with Crippen LogP contribution in [0.25, 0.3) is 0 Å². The van der Waals surface area contributed by atoms with E-state index in [1.54, 1.807) is 33.8 Å². The summed E-state index contributed by atoms with van der Waals surface area (Å²) in [6, 6.07) is 14.7. The number of phenols is 5. The minimum atomic E-state index is -2.86. The summed E-state index contributed by atoms with van der Waals surface area (Å²) in [6.07, 6.45) is 0. The topological polar surface area (TPSA) is 179 Å². The Bertz CT molecular complexity index is 4920. The number of aromatic hydroxyl groups is 5. The third-order valence-corrected chi connectivity index (χ3v) is 14.6. The van der Waals surface area contributed by atoms with Crippen LogP contribution in [0.5, 0.6) is 28.7 Å². The second kappa shape index (κ2) is 30.8. The van der Waals surface area contributed by atoms with Crippen LogP contribution in [0.15, 0.2) is 90.9 Å². The minimum absolute atomic E-state index is 0. The van der Waals surface area contributed by atoms with Gasteiger partial charge in [-0.05, 0) is 174 Å². The molecule has 8 nitrogen and oxygen atoms in total. The molecule has 6 aromatic carbocycles. The van der Waals surface area contributed by atoms with Gasteiger partial charge in [-0.25, -0.2) is 0 Å². The highest BCUT2D eigenvalue weighted by molar-refractivity contribution is 5.61. The van der Waals surface area contributed by atoms with Crippen LogP contribution in [0.3, 0.4) is 0 Å². The first-order valence-electron chi connectivity index (χ1n) is 49.5. The summed E-state index contributed by atoms with van der Waals surface area (Å²) in [5.74, 6) is -0.970. The van der Waals surface area contributed by atoms with E-state index in [1.165, 1.54) is 165 Å². The molecule has 0 heterocycles. The summed E-state index contributed by atoms with van der Waals surface area (Å²) in [4.78, 5) is 0. The fraction of sp³-hybridized carbons (Fsp3) is 0.581. The van der Waals surface area contributed by atoms with E-state index in [0.717, 1.165) is 12.5 Å². The van der Waals surface area contributed by atoms with Gasteiger partial charge in [0.2, 0.25) is 0 Å². The lowest BCUT2D eigenvalue weighted by molar-refractivity contribution is 0.444. The van der Waals surface area contributed by atoms with Gasteiger partial charge in [0.1, 0.15) is 28.7 Å². The molecule has 0 aromatic heterocycles. The van der Waals surface area contributed by atoms with E-state index in [1.807, 2.05) is 41.5 Å². The second-order valence-electron chi connectivity index (χ2n) is 31.2. The Balaban J connectivity index is 0.00000156. The van der Waals surface area contributed by atoms with Crippen LogP contribution in [-0.4, -0.2) is 27.0 Å². The van der Waals surface area contributed by atoms with E-state index in [4.69, 9.17) is 69.4 Å². The fourth-order valence-corrected chi connectivity index (χ4v) is 9.13. The van der Waals surface area contributed by atoms with Gasteiger partial charge in [0.05, 0.1) is 5.48 Å². The second-order valence-corrected chi connectivity index (χ2v) is 31.2. The van der Waals surface area contributed by atoms with E-state index in [9.17, 15) is 20.4 Å². The number of nitrogen functional groups attached to an aromatic ring is 3. The summed E-state index contributed by atoms with van der Waals surface area (Å²) in [5, 5.41) is 44.8. The van der Waals surface area contributed by atoms with E-state index < -0.39 is 141 Å². The molecular formula is C86H141N3O5. The molecule has 0 spiro atoms. The number of rotatable bonds is 1. The highest BCUT2D eigenvalue weighted by Gasteiger charge is 2.29. The van der Waals surface area contributed by atoms with Crippen molar-refractivity contribution in [3.8, 4) is 28.7 Å². The molecule has 6 rings (SSSR count). The van der Waals surface area contributed by atoms with Gasteiger partial charge in [0.15, 0.2) is 0 Å². The largest absolute Gasteiger partial charge is 0.508 e. The van der Waals surface area contributed by atoms with Crippen LogP contribution in [0, 0.1) is 6.92 Å². The monoisotopic (exact) mass is 1330 g/mol. The third-order valence-electron chi connectivity index (χ3n) is 14.6. The molecule has 0 atom stereocenters. The lowest BCUT2D eigenvalue weighted by atomic mass is 9.79. The SMILES string of the molecule is C.[2H]C([2H])([2H])C(C)(C)c1cc(C(C)(C)C([2H])([2H])[2H])c(O)cc1N.[2H]C([2H])([2H])C(C)(C)c1cc(C(C)(C)C)c(N)cc1O.[2H]Oc1c([2H])cc(C(C)(C)C([2H])([2H])[2H])cc1C(C)(C)C([2H])([2H])[2H].[2H]c1c(C(C)(C)C)c(O)cc(N)c1C(C)(C)C([2H])([2H])[2H].[2H]c1cc(C(C)(C)C([2H])([2H])[2H])cc(C(C)(C([2H])([2H])[2H])C([2H])([2H])[2H])c1C.[2H]c1cc(C(C)(C)C([2H])([2H])[2H])cc(C(C)(C)C([2H])([2H])[2H])c1O. The molecule has 530 valence electrons. The number of phenolic OH excluding ortho intramolecular Hbond substituents is 5. The van der Waals surface area contributed by atoms with Crippen molar-refractivity contribution in [1.29, 1.82) is 1.43 Å². The molecule has 0 bridgehead atoms. The summed E-state index contributed by atoms with van der Waals surface area (Å²) >= 11 is 0. The minimum Gasteiger partial charge on any atom is -0.508 e. The first kappa shape index (κ1) is 42.4. The molecule has 0 aliphatic carbocycles. The zero-order valence-electron chi connectivity index (χ0n) is 98.3. The number of benzene rings is 6. The Morgan fingerprint density at radius 2 is 0.543 bits per heavy atom. The molecule has 0 radical (unpaired) electrons. The average molecular weight is 1340 g/mol. The zero-order valence-corrected chi connectivity index (χ0v) is 60.3. The number of hydrogen-bond donors (Lipinski definition) is 8. The predicted octanol–water partition coefficient (Wildman–Crippen LogP) is 23.9. The van der Waals surface area contributed by atoms with Crippen LogP contribution < -0.4 is 17.2 Å². The van der Waals surface area contributed by atoms with Crippen LogP contribution in [0.2, 0.25) is 0 Å². The van der Waals surface area contributed by atoms with Gasteiger partial charge in [-0.2, -0.15) is 0 Å². The smallest absolute Gasteiger partial charge is 0.293 e. The van der Waals surface area contributed by atoms with Crippen LogP contribution in [-0.2, 0) is 65.0 Å². The van der Waals surface area contributed by atoms with Crippen molar-refractivity contribution in [1.82, 2.24) is 0 Å². The Hall–Kier alpha value is -6.28. The summed E-state index contributed by atoms with van der Waals surface area (Å²) in [5.41, 5.74) is 7.42. The van der Waals surface area contributed by atoms with Crippen molar-refractivity contribution < 1.29 is 76.3 Å². The first-order valence-corrected chi connectivity index (χ1v) is 30.6. The van der Waals surface area contributed by atoms with Gasteiger partial charge >= 0.3 is 0 Å². The van der Waals surface area contributed by atoms with Crippen molar-refractivity contribution in [2.45, 2.75) is 328 Å². The molecule has 11 N–H and O–H groups in total. The first-order chi connectivity index (χ1) is 56.9. The molecule has 8 heteroatoms. The third kappa shape index (κ3) is 26.4. The van der Waals surface area contributed by atoms with Crippen molar-refractivity contribution in [2.75, 3.05) is 17.2 Å². The summed E-state index contributed by atoms with van der Waals surface area (Å²) < 4.78 is 293. The quantitative estimate of drug-likeness (QED) is 0.0750. The van der Waals surface area contributed by atoms with E-state index in [-0.39, 0.29) is 110 Å². The van der Waals surface area contributed by atoms with Crippen molar-refractivity contribution >= 4 is 17.1 Å². The van der Waals surface area contributed by atoms with Gasteiger partial charge in [-0.3, -0.25) is 0 Å². The molecule has 0 unspecified atom stereocenters. The van der Waals surface area contributed by atoms with Crippen molar-refractivity contribution in [3.63, 3.8) is 0 Å². The Labute approximate surface area is 630 Å². The van der Waals surface area contributed by atoms with Crippen LogP contribution in [0.4, 0.5) is 17.1 Å². The zero-order chi connectivity index (χ0) is 105. The van der Waals surface area contributed by atoms with Gasteiger partial charge in [0.25, 0.3) is 1.43 Å². The lowest BCUT2D eigenvalue weighted by Gasteiger charge is -2.27. The molecule has 0 saturated heterocycles. The van der Waals surface area contributed by atoms with Gasteiger partial charge < -0.3 is 42.7 Å². The molecule has 0 amide bonds. The maximum atomic E-state index is 10.1. The maximum absolute atomic E-state index is 10.1. The Kier molecular flexibility index (Phi) is 13.9.